The van der Waals surface area contributed by atoms with E-state index in [-0.39, 0.29) is 0 Å². The second-order valence-electron chi connectivity index (χ2n) is 14.9. The quantitative estimate of drug-likeness (QED) is 0.142. The van der Waals surface area contributed by atoms with Crippen molar-refractivity contribution in [2.24, 2.45) is 0 Å². The Kier molecular flexibility index (Phi) is 9.68. The fraction of sp³-hybridized carbons (Fsp3) is 0. The number of hydrogen-bond donors (Lipinski definition) is 0. The molecule has 0 heterocycles. The largest absolute Gasteiger partial charge is 0.310 e. The van der Waals surface area contributed by atoms with Crippen LogP contribution in [0.3, 0.4) is 0 Å². The Labute approximate surface area is 346 Å². The van der Waals surface area contributed by atoms with Gasteiger partial charge in [-0.3, -0.25) is 0 Å². The van der Waals surface area contributed by atoms with Crippen molar-refractivity contribution in [1.29, 1.82) is 0 Å². The number of fused-ring (bicyclic) bond motifs is 1. The molecule has 0 aliphatic rings. The lowest BCUT2D eigenvalue weighted by Crippen LogP contribution is -2.11. The number of nitrogens with zero attached hydrogens (tertiary/aromatic N) is 1. The normalized spacial score (nSPS) is 11.1. The minimum Gasteiger partial charge on any atom is -0.310 e. The van der Waals surface area contributed by atoms with E-state index in [2.05, 4.69) is 254 Å². The minimum atomic E-state index is 1.08. The van der Waals surface area contributed by atoms with Crippen LogP contribution >= 0.6 is 0 Å². The summed E-state index contributed by atoms with van der Waals surface area (Å²) in [5, 5.41) is 2.49. The molecule has 0 spiro atoms. The summed E-state index contributed by atoms with van der Waals surface area (Å²) in [4.78, 5) is 2.42. The van der Waals surface area contributed by atoms with Gasteiger partial charge in [-0.15, -0.1) is 0 Å². The summed E-state index contributed by atoms with van der Waals surface area (Å²) in [7, 11) is 0. The van der Waals surface area contributed by atoms with E-state index < -0.39 is 0 Å². The number of para-hydroxylation sites is 1. The lowest BCUT2D eigenvalue weighted by molar-refractivity contribution is 1.28. The molecule has 1 nitrogen and oxygen atoms in total. The van der Waals surface area contributed by atoms with Crippen LogP contribution in [-0.4, -0.2) is 0 Å². The first-order valence-corrected chi connectivity index (χ1v) is 20.3. The van der Waals surface area contributed by atoms with Crippen LogP contribution in [0.2, 0.25) is 0 Å². The van der Waals surface area contributed by atoms with Crippen LogP contribution in [0, 0.1) is 0 Å². The summed E-state index contributed by atoms with van der Waals surface area (Å²) in [5.74, 6) is 0. The van der Waals surface area contributed by atoms with Gasteiger partial charge in [-0.25, -0.2) is 0 Å². The molecular formula is C58H41N. The van der Waals surface area contributed by atoms with E-state index in [0.29, 0.717) is 0 Å². The van der Waals surface area contributed by atoms with Crippen LogP contribution in [0.4, 0.5) is 17.1 Å². The van der Waals surface area contributed by atoms with E-state index in [1.165, 1.54) is 72.0 Å². The third kappa shape index (κ3) is 7.12. The van der Waals surface area contributed by atoms with Crippen LogP contribution in [-0.2, 0) is 0 Å². The van der Waals surface area contributed by atoms with Crippen molar-refractivity contribution in [3.05, 3.63) is 249 Å². The first-order valence-electron chi connectivity index (χ1n) is 20.3. The summed E-state index contributed by atoms with van der Waals surface area (Å²) in [6.45, 7) is 0. The zero-order valence-electron chi connectivity index (χ0n) is 32.6. The third-order valence-corrected chi connectivity index (χ3v) is 11.3. The molecule has 10 aromatic carbocycles. The molecule has 10 rings (SSSR count). The molecule has 0 aliphatic carbocycles. The summed E-state index contributed by atoms with van der Waals surface area (Å²) in [6, 6.07) is 89.9. The predicted octanol–water partition coefficient (Wildman–Crippen LogP) is 16.3. The number of benzene rings is 10. The topological polar surface area (TPSA) is 3.24 Å². The Balaban J connectivity index is 1.17. The van der Waals surface area contributed by atoms with Crippen molar-refractivity contribution in [3.63, 3.8) is 0 Å². The van der Waals surface area contributed by atoms with Gasteiger partial charge in [0, 0.05) is 16.9 Å². The number of rotatable bonds is 9. The van der Waals surface area contributed by atoms with Crippen molar-refractivity contribution in [1.82, 2.24) is 0 Å². The molecule has 0 saturated heterocycles. The highest BCUT2D eigenvalue weighted by atomic mass is 15.1. The van der Waals surface area contributed by atoms with Crippen LogP contribution in [0.1, 0.15) is 0 Å². The molecule has 59 heavy (non-hydrogen) atoms. The van der Waals surface area contributed by atoms with E-state index in [4.69, 9.17) is 0 Å². The first-order chi connectivity index (χ1) is 29.3. The van der Waals surface area contributed by atoms with Crippen molar-refractivity contribution >= 4 is 27.8 Å². The molecule has 1 heteroatoms. The Hall–Kier alpha value is -7.74. The van der Waals surface area contributed by atoms with Crippen LogP contribution in [0.5, 0.6) is 0 Å². The average molecular weight is 752 g/mol. The summed E-state index contributed by atoms with van der Waals surface area (Å²) in [5.41, 5.74) is 17.5. The zero-order chi connectivity index (χ0) is 39.4. The second kappa shape index (κ2) is 16.0. The van der Waals surface area contributed by atoms with Gasteiger partial charge in [0.2, 0.25) is 0 Å². The molecular weight excluding hydrogens is 711 g/mol. The van der Waals surface area contributed by atoms with Gasteiger partial charge in [-0.1, -0.05) is 212 Å². The van der Waals surface area contributed by atoms with Crippen LogP contribution < -0.4 is 4.90 Å². The van der Waals surface area contributed by atoms with Crippen molar-refractivity contribution in [2.75, 3.05) is 4.90 Å². The standard InChI is InChI=1S/C58H41N/c1-4-17-42(18-5-1)44-31-36-49(37-32-44)59(50-38-33-47(34-39-50)52-29-16-24-46-23-10-11-25-51(46)52)58-30-15-14-28-56(58)57-41-48(43-19-6-2-7-20-43)35-40-55(57)54-27-13-12-26-53(54)45-21-8-3-9-22-45/h1-41H. The van der Waals surface area contributed by atoms with Crippen LogP contribution in [0.25, 0.3) is 77.5 Å². The fourth-order valence-electron chi connectivity index (χ4n) is 8.42. The van der Waals surface area contributed by atoms with Gasteiger partial charge < -0.3 is 4.90 Å². The summed E-state index contributed by atoms with van der Waals surface area (Å²) < 4.78 is 0. The molecule has 0 bridgehead atoms. The van der Waals surface area contributed by atoms with Gasteiger partial charge in [0.1, 0.15) is 0 Å². The van der Waals surface area contributed by atoms with E-state index in [0.717, 1.165) is 22.6 Å². The zero-order valence-corrected chi connectivity index (χ0v) is 32.6. The maximum Gasteiger partial charge on any atom is 0.0540 e. The molecule has 0 unspecified atom stereocenters. The van der Waals surface area contributed by atoms with E-state index in [1.54, 1.807) is 0 Å². The molecule has 0 fully saturated rings. The van der Waals surface area contributed by atoms with Gasteiger partial charge in [0.15, 0.2) is 0 Å². The monoisotopic (exact) mass is 751 g/mol. The van der Waals surface area contributed by atoms with Crippen molar-refractivity contribution in [3.8, 4) is 66.8 Å². The van der Waals surface area contributed by atoms with Gasteiger partial charge in [-0.2, -0.15) is 0 Å². The van der Waals surface area contributed by atoms with Gasteiger partial charge >= 0.3 is 0 Å². The summed E-state index contributed by atoms with van der Waals surface area (Å²) >= 11 is 0. The molecule has 0 aliphatic heterocycles. The van der Waals surface area contributed by atoms with Gasteiger partial charge in [-0.05, 0) is 108 Å². The Morgan fingerprint density at radius 3 is 1.32 bits per heavy atom. The summed E-state index contributed by atoms with van der Waals surface area (Å²) in [6.07, 6.45) is 0. The molecule has 0 atom stereocenters. The SMILES string of the molecule is c1ccc(-c2ccc(N(c3ccc(-c4cccc5ccccc45)cc3)c3ccccc3-c3cc(-c4ccccc4)ccc3-c3ccccc3-c3ccccc3)cc2)cc1. The van der Waals surface area contributed by atoms with Crippen molar-refractivity contribution in [2.45, 2.75) is 0 Å². The van der Waals surface area contributed by atoms with E-state index >= 15 is 0 Å². The highest BCUT2D eigenvalue weighted by molar-refractivity contribution is 6.00. The molecule has 278 valence electrons. The van der Waals surface area contributed by atoms with Crippen molar-refractivity contribution < 1.29 is 0 Å². The van der Waals surface area contributed by atoms with E-state index in [9.17, 15) is 0 Å². The van der Waals surface area contributed by atoms with Crippen LogP contribution in [0.15, 0.2) is 249 Å². The molecule has 0 amide bonds. The second-order valence-corrected chi connectivity index (χ2v) is 14.9. The maximum absolute atomic E-state index is 2.42. The molecule has 0 N–H and O–H groups in total. The molecule has 10 aromatic rings. The fourth-order valence-corrected chi connectivity index (χ4v) is 8.42. The Morgan fingerprint density at radius 2 is 0.644 bits per heavy atom. The highest BCUT2D eigenvalue weighted by Crippen LogP contribution is 2.47. The maximum atomic E-state index is 2.42. The molecule has 0 saturated carbocycles. The molecule has 0 aromatic heterocycles. The molecule has 0 radical (unpaired) electrons. The smallest absolute Gasteiger partial charge is 0.0540 e. The lowest BCUT2D eigenvalue weighted by Gasteiger charge is -2.29. The average Bonchev–Trinajstić information content (AvgIpc) is 3.33. The first kappa shape index (κ1) is 35.7. The number of anilines is 3. The van der Waals surface area contributed by atoms with Gasteiger partial charge in [0.25, 0.3) is 0 Å². The van der Waals surface area contributed by atoms with Gasteiger partial charge in [0.05, 0.1) is 5.69 Å². The Morgan fingerprint density at radius 1 is 0.220 bits per heavy atom. The Bertz CT molecular complexity index is 3000. The minimum absolute atomic E-state index is 1.08. The number of hydrogen-bond acceptors (Lipinski definition) is 1. The highest BCUT2D eigenvalue weighted by Gasteiger charge is 2.21. The third-order valence-electron chi connectivity index (χ3n) is 11.3. The predicted molar refractivity (Wildman–Crippen MR) is 251 cm³/mol. The van der Waals surface area contributed by atoms with E-state index in [1.807, 2.05) is 0 Å². The lowest BCUT2D eigenvalue weighted by atomic mass is 9.86.